The van der Waals surface area contributed by atoms with Crippen LogP contribution in [-0.4, -0.2) is 15.0 Å². The smallest absolute Gasteiger partial charge is 0.136 e. The highest BCUT2D eigenvalue weighted by Gasteiger charge is 2.19. The molecule has 272 valence electrons. The standard InChI is InChI=1S/C55H37N3/c1-2-11-36(12-3-1)37-21-25-39(26-22-37)53-33-54(43-15-10-14-42(31-43)52-35-56-34-44-13-4-5-16-45(44)52)58-55(57-53)40-27-23-38(24-28-40)41-29-30-50-48-19-7-6-17-46(48)47-18-8-9-20-49(47)51(50)32-41/h1-27,29-35,40H,28H2. The largest absolute Gasteiger partial charge is 0.263 e. The Balaban J connectivity index is 0.975. The Kier molecular flexibility index (Phi) is 8.29. The van der Waals surface area contributed by atoms with E-state index in [2.05, 4.69) is 199 Å². The van der Waals surface area contributed by atoms with E-state index in [0.717, 1.165) is 51.3 Å². The maximum absolute atomic E-state index is 5.31. The van der Waals surface area contributed by atoms with Crippen molar-refractivity contribution >= 4 is 48.7 Å². The van der Waals surface area contributed by atoms with Gasteiger partial charge in [-0.2, -0.15) is 0 Å². The lowest BCUT2D eigenvalue weighted by Gasteiger charge is -2.18. The van der Waals surface area contributed by atoms with Crippen LogP contribution in [0.1, 0.15) is 23.7 Å². The molecule has 58 heavy (non-hydrogen) atoms. The molecule has 2 heterocycles. The Morgan fingerprint density at radius 3 is 1.69 bits per heavy atom. The highest BCUT2D eigenvalue weighted by Crippen LogP contribution is 2.39. The van der Waals surface area contributed by atoms with Crippen LogP contribution in [0.25, 0.3) is 93.4 Å². The second kappa shape index (κ2) is 14.2. The van der Waals surface area contributed by atoms with Crippen molar-refractivity contribution in [2.24, 2.45) is 0 Å². The summed E-state index contributed by atoms with van der Waals surface area (Å²) in [6, 6.07) is 62.9. The normalized spacial score (nSPS) is 14.0. The summed E-state index contributed by atoms with van der Waals surface area (Å²) >= 11 is 0. The molecule has 0 radical (unpaired) electrons. The van der Waals surface area contributed by atoms with Crippen molar-refractivity contribution in [2.75, 3.05) is 0 Å². The summed E-state index contributed by atoms with van der Waals surface area (Å²) in [7, 11) is 0. The van der Waals surface area contributed by atoms with Gasteiger partial charge in [-0.15, -0.1) is 0 Å². The molecule has 1 unspecified atom stereocenters. The Labute approximate surface area is 337 Å². The minimum absolute atomic E-state index is 0.0294. The lowest BCUT2D eigenvalue weighted by molar-refractivity contribution is 0.777. The predicted molar refractivity (Wildman–Crippen MR) is 243 cm³/mol. The van der Waals surface area contributed by atoms with Crippen molar-refractivity contribution in [1.29, 1.82) is 0 Å². The summed E-state index contributed by atoms with van der Waals surface area (Å²) in [5.74, 6) is 0.848. The van der Waals surface area contributed by atoms with Crippen LogP contribution in [-0.2, 0) is 0 Å². The lowest BCUT2D eigenvalue weighted by Crippen LogP contribution is -2.06. The molecule has 0 saturated carbocycles. The molecular formula is C55H37N3. The maximum Gasteiger partial charge on any atom is 0.136 e. The van der Waals surface area contributed by atoms with Crippen molar-refractivity contribution in [3.63, 3.8) is 0 Å². The Bertz CT molecular complexity index is 3210. The van der Waals surface area contributed by atoms with Crippen LogP contribution >= 0.6 is 0 Å². The number of pyridine rings is 1. The van der Waals surface area contributed by atoms with E-state index in [4.69, 9.17) is 9.97 Å². The van der Waals surface area contributed by atoms with Gasteiger partial charge in [0.1, 0.15) is 5.82 Å². The SMILES string of the molecule is C1=CC(c2nc(-c3ccc(-c4ccccc4)cc3)cc(-c3cccc(-c4cncc5ccccc45)c3)n2)CC=C1c1ccc2c3ccccc3c3ccccc3c2c1. The molecule has 3 heteroatoms. The quantitative estimate of drug-likeness (QED) is 0.159. The van der Waals surface area contributed by atoms with Gasteiger partial charge in [-0.25, -0.2) is 9.97 Å². The summed E-state index contributed by atoms with van der Waals surface area (Å²) in [5.41, 5.74) is 10.9. The number of rotatable bonds is 6. The Morgan fingerprint density at radius 2 is 0.966 bits per heavy atom. The van der Waals surface area contributed by atoms with E-state index in [1.54, 1.807) is 0 Å². The Hall–Kier alpha value is -7.49. The summed E-state index contributed by atoms with van der Waals surface area (Å²) in [6.45, 7) is 0. The fraction of sp³-hybridized carbons (Fsp3) is 0.0364. The van der Waals surface area contributed by atoms with Gasteiger partial charge in [-0.3, -0.25) is 4.98 Å². The summed E-state index contributed by atoms with van der Waals surface area (Å²) in [5, 5.41) is 10.0. The number of aromatic nitrogens is 3. The Morgan fingerprint density at radius 1 is 0.397 bits per heavy atom. The minimum atomic E-state index is 0.0294. The summed E-state index contributed by atoms with van der Waals surface area (Å²) in [6.07, 6.45) is 11.6. The van der Waals surface area contributed by atoms with Gasteiger partial charge in [0.15, 0.2) is 0 Å². The van der Waals surface area contributed by atoms with Crippen molar-refractivity contribution in [1.82, 2.24) is 15.0 Å². The van der Waals surface area contributed by atoms with Crippen molar-refractivity contribution in [3.05, 3.63) is 218 Å². The van der Waals surface area contributed by atoms with E-state index >= 15 is 0 Å². The monoisotopic (exact) mass is 739 g/mol. The molecule has 10 aromatic rings. The van der Waals surface area contributed by atoms with Crippen LogP contribution < -0.4 is 0 Å². The molecule has 1 aliphatic rings. The molecule has 2 aromatic heterocycles. The molecule has 0 bridgehead atoms. The maximum atomic E-state index is 5.31. The molecule has 0 fully saturated rings. The first kappa shape index (κ1) is 33.8. The van der Waals surface area contributed by atoms with E-state index in [1.807, 2.05) is 12.4 Å². The van der Waals surface area contributed by atoms with E-state index in [0.29, 0.717) is 0 Å². The highest BCUT2D eigenvalue weighted by atomic mass is 14.9. The van der Waals surface area contributed by atoms with Gasteiger partial charge in [0.2, 0.25) is 0 Å². The summed E-state index contributed by atoms with van der Waals surface area (Å²) < 4.78 is 0. The fourth-order valence-electron chi connectivity index (χ4n) is 8.70. The third-order valence-corrected chi connectivity index (χ3v) is 11.7. The average Bonchev–Trinajstić information content (AvgIpc) is 3.31. The minimum Gasteiger partial charge on any atom is -0.263 e. The number of nitrogens with zero attached hydrogens (tertiary/aromatic N) is 3. The molecule has 8 aromatic carbocycles. The number of allylic oxidation sites excluding steroid dienone is 4. The van der Waals surface area contributed by atoms with E-state index in [1.165, 1.54) is 60.0 Å². The first-order chi connectivity index (χ1) is 28.7. The molecule has 0 aliphatic heterocycles. The zero-order valence-corrected chi connectivity index (χ0v) is 31.8. The van der Waals surface area contributed by atoms with Crippen LogP contribution in [0.4, 0.5) is 0 Å². The molecule has 0 saturated heterocycles. The highest BCUT2D eigenvalue weighted by molar-refractivity contribution is 6.25. The number of hydrogen-bond donors (Lipinski definition) is 0. The fourth-order valence-corrected chi connectivity index (χ4v) is 8.70. The van der Waals surface area contributed by atoms with Crippen LogP contribution in [0.5, 0.6) is 0 Å². The van der Waals surface area contributed by atoms with Crippen molar-refractivity contribution in [2.45, 2.75) is 12.3 Å². The van der Waals surface area contributed by atoms with Gasteiger partial charge < -0.3 is 0 Å². The van der Waals surface area contributed by atoms with E-state index in [-0.39, 0.29) is 5.92 Å². The molecule has 1 atom stereocenters. The molecule has 0 amide bonds. The van der Waals surface area contributed by atoms with Gasteiger partial charge in [-0.1, -0.05) is 176 Å². The molecule has 3 nitrogen and oxygen atoms in total. The zero-order valence-electron chi connectivity index (χ0n) is 31.8. The van der Waals surface area contributed by atoms with E-state index in [9.17, 15) is 0 Å². The molecular weight excluding hydrogens is 703 g/mol. The average molecular weight is 740 g/mol. The van der Waals surface area contributed by atoms with Crippen molar-refractivity contribution in [3.8, 4) is 44.8 Å². The number of hydrogen-bond acceptors (Lipinski definition) is 3. The van der Waals surface area contributed by atoms with Crippen molar-refractivity contribution < 1.29 is 0 Å². The second-order valence-corrected chi connectivity index (χ2v) is 15.1. The van der Waals surface area contributed by atoms with Gasteiger partial charge in [0, 0.05) is 40.4 Å². The van der Waals surface area contributed by atoms with E-state index < -0.39 is 0 Å². The zero-order chi connectivity index (χ0) is 38.4. The molecule has 11 rings (SSSR count). The first-order valence-electron chi connectivity index (χ1n) is 19.9. The van der Waals surface area contributed by atoms with Gasteiger partial charge in [-0.05, 0) is 90.2 Å². The molecule has 0 N–H and O–H groups in total. The molecule has 0 spiro atoms. The van der Waals surface area contributed by atoms with Crippen LogP contribution in [0.2, 0.25) is 0 Å². The molecule has 1 aliphatic carbocycles. The first-order valence-corrected chi connectivity index (χ1v) is 19.9. The van der Waals surface area contributed by atoms with Crippen LogP contribution in [0.15, 0.2) is 207 Å². The number of fused-ring (bicyclic) bond motifs is 7. The lowest BCUT2D eigenvalue weighted by atomic mass is 9.89. The number of benzene rings is 8. The van der Waals surface area contributed by atoms with Gasteiger partial charge in [0.25, 0.3) is 0 Å². The van der Waals surface area contributed by atoms with Gasteiger partial charge in [0.05, 0.1) is 11.4 Å². The second-order valence-electron chi connectivity index (χ2n) is 15.1. The van der Waals surface area contributed by atoms with Crippen LogP contribution in [0.3, 0.4) is 0 Å². The topological polar surface area (TPSA) is 38.7 Å². The third kappa shape index (κ3) is 6.05. The predicted octanol–water partition coefficient (Wildman–Crippen LogP) is 14.3. The van der Waals surface area contributed by atoms with Gasteiger partial charge >= 0.3 is 0 Å². The summed E-state index contributed by atoms with van der Waals surface area (Å²) in [4.78, 5) is 15.2. The van der Waals surface area contributed by atoms with Crippen LogP contribution in [0, 0.1) is 0 Å². The third-order valence-electron chi connectivity index (χ3n) is 11.7.